The van der Waals surface area contributed by atoms with Crippen molar-refractivity contribution in [2.24, 2.45) is 0 Å². The van der Waals surface area contributed by atoms with E-state index in [1.165, 1.54) is 0 Å². The van der Waals surface area contributed by atoms with E-state index in [0.29, 0.717) is 6.42 Å². The summed E-state index contributed by atoms with van der Waals surface area (Å²) in [6.07, 6.45) is 5.44. The average Bonchev–Trinajstić information content (AvgIpc) is 2.09. The van der Waals surface area contributed by atoms with E-state index in [9.17, 15) is 5.11 Å². The molecule has 0 saturated carbocycles. The van der Waals surface area contributed by atoms with Crippen LogP contribution in [0.25, 0.3) is 0 Å². The number of hydrogen-bond donors (Lipinski definition) is 1. The molecular weight excluding hydrogens is 228 g/mol. The molecule has 13 heavy (non-hydrogen) atoms. The topological polar surface area (TPSA) is 20.2 Å². The fraction of sp³-hybridized carbons (Fsp3) is 0.0909. The molecule has 0 unspecified atom stereocenters. The van der Waals surface area contributed by atoms with Gasteiger partial charge in [-0.25, -0.2) is 0 Å². The first kappa shape index (κ1) is 9.71. The zero-order valence-corrected chi connectivity index (χ0v) is 8.43. The molecule has 2 heteroatoms. The summed E-state index contributed by atoms with van der Waals surface area (Å²) in [7, 11) is 0. The highest BCUT2D eigenvalue weighted by Crippen LogP contribution is 2.22. The second-order valence-corrected chi connectivity index (χ2v) is 3.31. The number of benzene rings is 1. The third-order valence-corrected chi connectivity index (χ3v) is 1.98. The third-order valence-electron chi connectivity index (χ3n) is 1.49. The Bertz CT molecular complexity index is 404. The molecule has 1 aromatic carbocycles. The van der Waals surface area contributed by atoms with Gasteiger partial charge in [0.05, 0.1) is 0 Å². The van der Waals surface area contributed by atoms with E-state index in [1.807, 2.05) is 12.1 Å². The molecule has 1 nitrogen and oxygen atoms in total. The SMILES string of the molecule is C#CC#CCc1ccc(Br)cc1O. The summed E-state index contributed by atoms with van der Waals surface area (Å²) in [6.45, 7) is 0. The maximum Gasteiger partial charge on any atom is 0.120 e. The van der Waals surface area contributed by atoms with Crippen LogP contribution in [0.1, 0.15) is 5.56 Å². The zero-order chi connectivity index (χ0) is 9.68. The van der Waals surface area contributed by atoms with Crippen molar-refractivity contribution < 1.29 is 5.11 Å². The van der Waals surface area contributed by atoms with E-state index in [-0.39, 0.29) is 5.75 Å². The molecule has 0 saturated heterocycles. The molecule has 0 aliphatic rings. The lowest BCUT2D eigenvalue weighted by molar-refractivity contribution is 0.469. The smallest absolute Gasteiger partial charge is 0.120 e. The van der Waals surface area contributed by atoms with Gasteiger partial charge in [-0.1, -0.05) is 27.9 Å². The molecule has 0 fully saturated rings. The minimum atomic E-state index is 0.237. The van der Waals surface area contributed by atoms with Gasteiger partial charge < -0.3 is 5.11 Å². The molecule has 0 radical (unpaired) electrons. The van der Waals surface area contributed by atoms with Gasteiger partial charge in [-0.3, -0.25) is 0 Å². The predicted octanol–water partition coefficient (Wildman–Crippen LogP) is 2.33. The molecule has 64 valence electrons. The van der Waals surface area contributed by atoms with E-state index >= 15 is 0 Å². The third kappa shape index (κ3) is 2.86. The monoisotopic (exact) mass is 234 g/mol. The first-order valence-electron chi connectivity index (χ1n) is 3.65. The quantitative estimate of drug-likeness (QED) is 0.740. The van der Waals surface area contributed by atoms with Crippen LogP contribution in [0.4, 0.5) is 0 Å². The fourth-order valence-electron chi connectivity index (χ4n) is 0.877. The first-order chi connectivity index (χ1) is 6.24. The van der Waals surface area contributed by atoms with Crippen molar-refractivity contribution in [3.63, 3.8) is 0 Å². The summed E-state index contributed by atoms with van der Waals surface area (Å²) in [5, 5.41) is 9.44. The lowest BCUT2D eigenvalue weighted by Crippen LogP contribution is -1.82. The van der Waals surface area contributed by atoms with Gasteiger partial charge in [-0.15, -0.1) is 6.42 Å². The van der Waals surface area contributed by atoms with Gasteiger partial charge in [-0.2, -0.15) is 0 Å². The summed E-state index contributed by atoms with van der Waals surface area (Å²) in [5.74, 6) is 7.70. The molecule has 0 aromatic heterocycles. The fourth-order valence-corrected chi connectivity index (χ4v) is 1.23. The molecule has 0 bridgehead atoms. The van der Waals surface area contributed by atoms with Gasteiger partial charge in [0.15, 0.2) is 0 Å². The van der Waals surface area contributed by atoms with Gasteiger partial charge in [0.2, 0.25) is 0 Å². The largest absolute Gasteiger partial charge is 0.508 e. The van der Waals surface area contributed by atoms with Crippen LogP contribution in [0.15, 0.2) is 22.7 Å². The Balaban J connectivity index is 2.85. The van der Waals surface area contributed by atoms with Crippen LogP contribution < -0.4 is 0 Å². The number of phenols is 1. The van der Waals surface area contributed by atoms with E-state index in [4.69, 9.17) is 6.42 Å². The van der Waals surface area contributed by atoms with Gasteiger partial charge in [0, 0.05) is 16.5 Å². The number of phenolic OH excluding ortho intramolecular Hbond substituents is 1. The highest BCUT2D eigenvalue weighted by Gasteiger charge is 1.98. The summed E-state index contributed by atoms with van der Waals surface area (Å²) in [4.78, 5) is 0. The van der Waals surface area contributed by atoms with Crippen molar-refractivity contribution in [2.75, 3.05) is 0 Å². The standard InChI is InChI=1S/C11H7BrO/c1-2-3-4-5-9-6-7-10(12)8-11(9)13/h1,6-8,13H,5H2. The van der Waals surface area contributed by atoms with Crippen LogP contribution in [-0.4, -0.2) is 5.11 Å². The van der Waals surface area contributed by atoms with Crippen molar-refractivity contribution in [2.45, 2.75) is 6.42 Å². The summed E-state index contributed by atoms with van der Waals surface area (Å²) >= 11 is 3.25. The van der Waals surface area contributed by atoms with E-state index in [0.717, 1.165) is 10.0 Å². The molecular formula is C11H7BrO. The Morgan fingerprint density at radius 3 is 2.85 bits per heavy atom. The zero-order valence-electron chi connectivity index (χ0n) is 6.84. The average molecular weight is 235 g/mol. The second kappa shape index (κ2) is 4.60. The highest BCUT2D eigenvalue weighted by atomic mass is 79.9. The molecule has 0 aliphatic carbocycles. The van der Waals surface area contributed by atoms with E-state index in [1.54, 1.807) is 6.07 Å². The van der Waals surface area contributed by atoms with Crippen LogP contribution in [0, 0.1) is 24.2 Å². The van der Waals surface area contributed by atoms with Crippen LogP contribution in [-0.2, 0) is 6.42 Å². The van der Waals surface area contributed by atoms with Gasteiger partial charge >= 0.3 is 0 Å². The van der Waals surface area contributed by atoms with Crippen molar-refractivity contribution in [3.8, 4) is 29.9 Å². The Morgan fingerprint density at radius 2 is 2.23 bits per heavy atom. The number of terminal acetylenes is 1. The van der Waals surface area contributed by atoms with Crippen LogP contribution in [0.2, 0.25) is 0 Å². The Morgan fingerprint density at radius 1 is 1.46 bits per heavy atom. The first-order valence-corrected chi connectivity index (χ1v) is 4.44. The number of halogens is 1. The maximum atomic E-state index is 9.44. The van der Waals surface area contributed by atoms with Gasteiger partial charge in [0.25, 0.3) is 0 Å². The molecule has 1 N–H and O–H groups in total. The molecule has 1 aromatic rings. The Kier molecular flexibility index (Phi) is 3.43. The van der Waals surface area contributed by atoms with Gasteiger partial charge in [0.1, 0.15) is 5.75 Å². The van der Waals surface area contributed by atoms with Crippen LogP contribution in [0.3, 0.4) is 0 Å². The molecule has 1 rings (SSSR count). The highest BCUT2D eigenvalue weighted by molar-refractivity contribution is 9.10. The Labute approximate surface area is 85.9 Å². The minimum absolute atomic E-state index is 0.237. The normalized spacial score (nSPS) is 8.31. The van der Waals surface area contributed by atoms with E-state index < -0.39 is 0 Å². The summed E-state index contributed by atoms with van der Waals surface area (Å²) < 4.78 is 0.846. The second-order valence-electron chi connectivity index (χ2n) is 2.40. The number of rotatable bonds is 1. The van der Waals surface area contributed by atoms with Crippen LogP contribution in [0.5, 0.6) is 5.75 Å². The van der Waals surface area contributed by atoms with Crippen molar-refractivity contribution in [3.05, 3.63) is 28.2 Å². The lowest BCUT2D eigenvalue weighted by atomic mass is 10.1. The maximum absolute atomic E-state index is 9.44. The molecule has 0 aliphatic heterocycles. The van der Waals surface area contributed by atoms with Crippen molar-refractivity contribution in [1.82, 2.24) is 0 Å². The molecule has 0 amide bonds. The van der Waals surface area contributed by atoms with Crippen molar-refractivity contribution in [1.29, 1.82) is 0 Å². The Hall–Kier alpha value is -1.38. The minimum Gasteiger partial charge on any atom is -0.508 e. The number of hydrogen-bond acceptors (Lipinski definition) is 1. The summed E-state index contributed by atoms with van der Waals surface area (Å²) in [6, 6.07) is 5.30. The molecule has 0 spiro atoms. The lowest BCUT2D eigenvalue weighted by Gasteiger charge is -1.99. The van der Waals surface area contributed by atoms with Crippen LogP contribution >= 0.6 is 15.9 Å². The molecule has 0 atom stereocenters. The summed E-state index contributed by atoms with van der Waals surface area (Å²) in [5.41, 5.74) is 0.783. The van der Waals surface area contributed by atoms with Crippen molar-refractivity contribution >= 4 is 15.9 Å². The number of aromatic hydroxyl groups is 1. The van der Waals surface area contributed by atoms with Gasteiger partial charge in [-0.05, 0) is 24.0 Å². The van der Waals surface area contributed by atoms with E-state index in [2.05, 4.69) is 33.7 Å². The predicted molar refractivity (Wildman–Crippen MR) is 56.1 cm³/mol. The molecule has 0 heterocycles.